The van der Waals surface area contributed by atoms with Crippen LogP contribution < -0.4 is 15.8 Å². The van der Waals surface area contributed by atoms with Crippen molar-refractivity contribution >= 4 is 11.6 Å². The van der Waals surface area contributed by atoms with Crippen LogP contribution in [0.3, 0.4) is 0 Å². The Labute approximate surface area is 165 Å². The summed E-state index contributed by atoms with van der Waals surface area (Å²) in [5.41, 5.74) is 10.1. The van der Waals surface area contributed by atoms with Gasteiger partial charge in [-0.25, -0.2) is 0 Å². The number of rotatable bonds is 8. The molecule has 1 amide bonds. The highest BCUT2D eigenvalue weighted by Gasteiger charge is 2.14. The van der Waals surface area contributed by atoms with Crippen LogP contribution in [0, 0.1) is 0 Å². The van der Waals surface area contributed by atoms with Gasteiger partial charge in [0.2, 0.25) is 5.91 Å². The van der Waals surface area contributed by atoms with E-state index in [4.69, 9.17) is 10.5 Å². The average molecular weight is 375 g/mol. The van der Waals surface area contributed by atoms with Gasteiger partial charge in [-0.15, -0.1) is 0 Å². The molecule has 144 valence electrons. The lowest BCUT2D eigenvalue weighted by Crippen LogP contribution is -2.37. The highest BCUT2D eigenvalue weighted by molar-refractivity contribution is 5.94. The molecule has 2 aromatic carbocycles. The van der Waals surface area contributed by atoms with Gasteiger partial charge < -0.3 is 15.8 Å². The van der Waals surface area contributed by atoms with Gasteiger partial charge in [0.1, 0.15) is 12.4 Å². The molecular weight excluding hydrogens is 350 g/mol. The second-order valence-electron chi connectivity index (χ2n) is 6.64. The van der Waals surface area contributed by atoms with Crippen molar-refractivity contribution in [1.29, 1.82) is 0 Å². The molecule has 5 nitrogen and oxygen atoms in total. The van der Waals surface area contributed by atoms with Gasteiger partial charge in [0.05, 0.1) is 6.04 Å². The molecule has 3 N–H and O–H groups in total. The third kappa shape index (κ3) is 5.66. The monoisotopic (exact) mass is 375 g/mol. The number of pyridine rings is 1. The van der Waals surface area contributed by atoms with E-state index in [0.717, 1.165) is 29.0 Å². The van der Waals surface area contributed by atoms with Crippen LogP contribution in [-0.4, -0.2) is 16.9 Å². The minimum Gasteiger partial charge on any atom is -0.489 e. The number of nitrogens with one attached hydrogen (secondary N) is 1. The standard InChI is InChI=1S/C23H25N3O2/c1-2-17-3-7-20(8-4-17)26-23(27)22(24)15-18-5-9-21(10-6-18)28-16-19-11-13-25-14-12-19/h3-14,22H,2,15-16,24H2,1H3,(H,26,27)/t22-/m0/s1. The Morgan fingerprint density at radius 1 is 0.964 bits per heavy atom. The van der Waals surface area contributed by atoms with E-state index in [9.17, 15) is 4.79 Å². The molecule has 0 saturated heterocycles. The second kappa shape index (κ2) is 9.67. The van der Waals surface area contributed by atoms with Crippen LogP contribution in [0.4, 0.5) is 5.69 Å². The Morgan fingerprint density at radius 3 is 2.25 bits per heavy atom. The number of nitrogens with two attached hydrogens (primary N) is 1. The average Bonchev–Trinajstić information content (AvgIpc) is 2.74. The van der Waals surface area contributed by atoms with E-state index < -0.39 is 6.04 Å². The Bertz CT molecular complexity index is 878. The van der Waals surface area contributed by atoms with Gasteiger partial charge in [0, 0.05) is 18.1 Å². The van der Waals surface area contributed by atoms with Crippen molar-refractivity contribution < 1.29 is 9.53 Å². The number of hydrogen-bond donors (Lipinski definition) is 2. The van der Waals surface area contributed by atoms with E-state index in [2.05, 4.69) is 17.2 Å². The molecule has 0 bridgehead atoms. The molecule has 0 radical (unpaired) electrons. The van der Waals surface area contributed by atoms with Crippen LogP contribution in [0.1, 0.15) is 23.6 Å². The van der Waals surface area contributed by atoms with E-state index in [0.29, 0.717) is 13.0 Å². The largest absolute Gasteiger partial charge is 0.489 e. The van der Waals surface area contributed by atoms with Crippen LogP contribution in [0.2, 0.25) is 0 Å². The summed E-state index contributed by atoms with van der Waals surface area (Å²) >= 11 is 0. The molecule has 0 saturated carbocycles. The third-order valence-corrected chi connectivity index (χ3v) is 4.50. The van der Waals surface area contributed by atoms with E-state index in [-0.39, 0.29) is 5.91 Å². The number of carbonyl (C=O) groups is 1. The molecular formula is C23H25N3O2. The fourth-order valence-electron chi connectivity index (χ4n) is 2.77. The number of carbonyl (C=O) groups excluding carboxylic acids is 1. The summed E-state index contributed by atoms with van der Waals surface area (Å²) in [6.45, 7) is 2.58. The first-order valence-electron chi connectivity index (χ1n) is 9.40. The summed E-state index contributed by atoms with van der Waals surface area (Å²) in [6.07, 6.45) is 4.91. The number of aromatic nitrogens is 1. The lowest BCUT2D eigenvalue weighted by molar-refractivity contribution is -0.117. The minimum absolute atomic E-state index is 0.192. The third-order valence-electron chi connectivity index (χ3n) is 4.50. The minimum atomic E-state index is -0.616. The summed E-state index contributed by atoms with van der Waals surface area (Å²) in [5.74, 6) is 0.580. The number of anilines is 1. The molecule has 0 fully saturated rings. The molecule has 0 unspecified atom stereocenters. The van der Waals surface area contributed by atoms with Gasteiger partial charge in [0.25, 0.3) is 0 Å². The van der Waals surface area contributed by atoms with Crippen LogP contribution in [0.5, 0.6) is 5.75 Å². The number of aryl methyl sites for hydroxylation is 1. The number of benzene rings is 2. The molecule has 1 aromatic heterocycles. The van der Waals surface area contributed by atoms with E-state index >= 15 is 0 Å². The fraction of sp³-hybridized carbons (Fsp3) is 0.217. The molecule has 3 aromatic rings. The zero-order valence-corrected chi connectivity index (χ0v) is 16.0. The predicted molar refractivity (Wildman–Crippen MR) is 111 cm³/mol. The molecule has 0 aliphatic carbocycles. The maximum absolute atomic E-state index is 12.3. The lowest BCUT2D eigenvalue weighted by Gasteiger charge is -2.13. The first-order valence-corrected chi connectivity index (χ1v) is 9.40. The number of ether oxygens (including phenoxy) is 1. The van der Waals surface area contributed by atoms with Gasteiger partial charge in [-0.2, -0.15) is 0 Å². The molecule has 3 rings (SSSR count). The molecule has 1 heterocycles. The predicted octanol–water partition coefficient (Wildman–Crippen LogP) is 3.73. The van der Waals surface area contributed by atoms with Crippen molar-refractivity contribution in [2.24, 2.45) is 5.73 Å². The Hall–Kier alpha value is -3.18. The number of hydrogen-bond acceptors (Lipinski definition) is 4. The number of amides is 1. The van der Waals surface area contributed by atoms with Crippen molar-refractivity contribution in [3.63, 3.8) is 0 Å². The van der Waals surface area contributed by atoms with Crippen LogP contribution in [-0.2, 0) is 24.2 Å². The zero-order chi connectivity index (χ0) is 19.8. The number of nitrogens with zero attached hydrogens (tertiary/aromatic N) is 1. The van der Waals surface area contributed by atoms with Crippen molar-refractivity contribution in [1.82, 2.24) is 4.98 Å². The maximum Gasteiger partial charge on any atom is 0.241 e. The first-order chi connectivity index (χ1) is 13.6. The van der Waals surface area contributed by atoms with Gasteiger partial charge in [-0.1, -0.05) is 31.2 Å². The normalized spacial score (nSPS) is 11.6. The first kappa shape index (κ1) is 19.6. The van der Waals surface area contributed by atoms with Crippen molar-refractivity contribution in [3.8, 4) is 5.75 Å². The molecule has 0 aliphatic heterocycles. The highest BCUT2D eigenvalue weighted by atomic mass is 16.5. The quantitative estimate of drug-likeness (QED) is 0.629. The van der Waals surface area contributed by atoms with Crippen molar-refractivity contribution in [3.05, 3.63) is 89.7 Å². The summed E-state index contributed by atoms with van der Waals surface area (Å²) in [7, 11) is 0. The van der Waals surface area contributed by atoms with Crippen LogP contribution >= 0.6 is 0 Å². The van der Waals surface area contributed by atoms with Crippen LogP contribution in [0.15, 0.2) is 73.1 Å². The molecule has 28 heavy (non-hydrogen) atoms. The Balaban J connectivity index is 1.50. The maximum atomic E-state index is 12.3. The molecule has 5 heteroatoms. The topological polar surface area (TPSA) is 77.2 Å². The van der Waals surface area contributed by atoms with E-state index in [1.165, 1.54) is 5.56 Å². The van der Waals surface area contributed by atoms with Gasteiger partial charge in [0.15, 0.2) is 0 Å². The van der Waals surface area contributed by atoms with E-state index in [1.807, 2.05) is 60.7 Å². The Morgan fingerprint density at radius 2 is 1.61 bits per heavy atom. The fourth-order valence-corrected chi connectivity index (χ4v) is 2.77. The van der Waals surface area contributed by atoms with E-state index in [1.54, 1.807) is 12.4 Å². The summed E-state index contributed by atoms with van der Waals surface area (Å²) in [5, 5.41) is 2.87. The molecule has 1 atom stereocenters. The summed E-state index contributed by atoms with van der Waals surface area (Å²) in [6, 6.07) is 18.7. The SMILES string of the molecule is CCc1ccc(NC(=O)[C@@H](N)Cc2ccc(OCc3ccncc3)cc2)cc1. The second-order valence-corrected chi connectivity index (χ2v) is 6.64. The molecule has 0 spiro atoms. The summed E-state index contributed by atoms with van der Waals surface area (Å²) in [4.78, 5) is 16.3. The van der Waals surface area contributed by atoms with Crippen molar-refractivity contribution in [2.75, 3.05) is 5.32 Å². The van der Waals surface area contributed by atoms with Crippen LogP contribution in [0.25, 0.3) is 0 Å². The lowest BCUT2D eigenvalue weighted by atomic mass is 10.1. The van der Waals surface area contributed by atoms with Gasteiger partial charge >= 0.3 is 0 Å². The van der Waals surface area contributed by atoms with Gasteiger partial charge in [-0.05, 0) is 65.9 Å². The van der Waals surface area contributed by atoms with Gasteiger partial charge in [-0.3, -0.25) is 9.78 Å². The molecule has 0 aliphatic rings. The highest BCUT2D eigenvalue weighted by Crippen LogP contribution is 2.16. The smallest absolute Gasteiger partial charge is 0.241 e. The Kier molecular flexibility index (Phi) is 6.76. The summed E-state index contributed by atoms with van der Waals surface area (Å²) < 4.78 is 5.76. The zero-order valence-electron chi connectivity index (χ0n) is 16.0. The van der Waals surface area contributed by atoms with Crippen molar-refractivity contribution in [2.45, 2.75) is 32.4 Å².